The van der Waals surface area contributed by atoms with E-state index in [-0.39, 0.29) is 11.9 Å². The molecule has 0 aromatic rings. The molecule has 0 aromatic carbocycles. The van der Waals surface area contributed by atoms with Crippen molar-refractivity contribution < 1.29 is 9.53 Å². The Kier molecular flexibility index (Phi) is 4.81. The Balaban J connectivity index is 1.75. The largest absolute Gasteiger partial charge is 0.379 e. The van der Waals surface area contributed by atoms with E-state index in [1.54, 1.807) is 0 Å². The Morgan fingerprint density at radius 2 is 2.16 bits per heavy atom. The number of carbonyl (C=O) groups is 1. The summed E-state index contributed by atoms with van der Waals surface area (Å²) < 4.78 is 5.32. The van der Waals surface area contributed by atoms with Gasteiger partial charge in [-0.2, -0.15) is 0 Å². The van der Waals surface area contributed by atoms with Crippen LogP contribution in [0.25, 0.3) is 0 Å². The second kappa shape index (κ2) is 6.20. The molecule has 5 nitrogen and oxygen atoms in total. The van der Waals surface area contributed by atoms with Crippen LogP contribution in [0, 0.1) is 11.3 Å². The van der Waals surface area contributed by atoms with Gasteiger partial charge in [0.15, 0.2) is 0 Å². The number of likely N-dealkylation sites (tertiary alicyclic amines) is 1. The molecule has 2 saturated heterocycles. The first-order valence-electron chi connectivity index (χ1n) is 7.40. The number of ether oxygens (including phenoxy) is 1. The average molecular weight is 269 g/mol. The smallest absolute Gasteiger partial charge is 0.229 e. The Morgan fingerprint density at radius 1 is 1.47 bits per heavy atom. The molecule has 2 fully saturated rings. The van der Waals surface area contributed by atoms with Crippen molar-refractivity contribution in [2.45, 2.75) is 32.7 Å². The van der Waals surface area contributed by atoms with Gasteiger partial charge in [-0.15, -0.1) is 0 Å². The average Bonchev–Trinajstić information content (AvgIpc) is 2.78. The van der Waals surface area contributed by atoms with Crippen molar-refractivity contribution in [2.24, 2.45) is 17.1 Å². The third-order valence-corrected chi connectivity index (χ3v) is 4.74. The summed E-state index contributed by atoms with van der Waals surface area (Å²) in [4.78, 5) is 14.7. The van der Waals surface area contributed by atoms with E-state index < -0.39 is 5.41 Å². The van der Waals surface area contributed by atoms with Crippen molar-refractivity contribution in [1.29, 1.82) is 0 Å². The summed E-state index contributed by atoms with van der Waals surface area (Å²) >= 11 is 0. The summed E-state index contributed by atoms with van der Waals surface area (Å²) in [5, 5.41) is 3.08. The van der Waals surface area contributed by atoms with E-state index in [1.807, 2.05) is 6.92 Å². The Bertz CT molecular complexity index is 316. The molecule has 0 spiro atoms. The molecule has 2 unspecified atom stereocenters. The van der Waals surface area contributed by atoms with E-state index in [0.717, 1.165) is 26.2 Å². The van der Waals surface area contributed by atoms with E-state index in [9.17, 15) is 4.79 Å². The van der Waals surface area contributed by atoms with Crippen LogP contribution in [-0.2, 0) is 9.53 Å². The molecule has 19 heavy (non-hydrogen) atoms. The molecule has 0 aliphatic carbocycles. The number of amides is 1. The molecule has 110 valence electrons. The highest BCUT2D eigenvalue weighted by Gasteiger charge is 2.44. The lowest BCUT2D eigenvalue weighted by Gasteiger charge is -2.32. The Hall–Kier alpha value is -0.650. The summed E-state index contributed by atoms with van der Waals surface area (Å²) in [6, 6.07) is -0.186. The molecule has 2 aliphatic rings. The fourth-order valence-corrected chi connectivity index (χ4v) is 2.87. The fraction of sp³-hybridized carbons (Fsp3) is 0.929. The van der Waals surface area contributed by atoms with Crippen LogP contribution < -0.4 is 11.1 Å². The summed E-state index contributed by atoms with van der Waals surface area (Å²) in [5.41, 5.74) is 5.42. The second-order valence-electron chi connectivity index (χ2n) is 6.13. The highest BCUT2D eigenvalue weighted by molar-refractivity contribution is 5.83. The molecule has 5 heteroatoms. The zero-order valence-corrected chi connectivity index (χ0v) is 12.2. The second-order valence-corrected chi connectivity index (χ2v) is 6.13. The van der Waals surface area contributed by atoms with Gasteiger partial charge in [0.2, 0.25) is 5.91 Å². The van der Waals surface area contributed by atoms with Crippen molar-refractivity contribution in [3.63, 3.8) is 0 Å². The van der Waals surface area contributed by atoms with Crippen LogP contribution in [-0.4, -0.2) is 56.2 Å². The predicted molar refractivity (Wildman–Crippen MR) is 74.7 cm³/mol. The van der Waals surface area contributed by atoms with Gasteiger partial charge < -0.3 is 20.7 Å². The first kappa shape index (κ1) is 14.8. The third-order valence-electron chi connectivity index (χ3n) is 4.74. The summed E-state index contributed by atoms with van der Waals surface area (Å²) in [5.74, 6) is 0.657. The minimum absolute atomic E-state index is 0.0513. The highest BCUT2D eigenvalue weighted by atomic mass is 16.5. The van der Waals surface area contributed by atoms with Crippen LogP contribution >= 0.6 is 0 Å². The van der Waals surface area contributed by atoms with Crippen LogP contribution in [0.5, 0.6) is 0 Å². The van der Waals surface area contributed by atoms with Gasteiger partial charge in [0, 0.05) is 12.6 Å². The molecule has 1 amide bonds. The van der Waals surface area contributed by atoms with Crippen LogP contribution in [0.3, 0.4) is 0 Å². The van der Waals surface area contributed by atoms with E-state index in [2.05, 4.69) is 17.1 Å². The third kappa shape index (κ3) is 3.27. The lowest BCUT2D eigenvalue weighted by molar-refractivity contribution is -0.130. The fourth-order valence-electron chi connectivity index (χ4n) is 2.87. The first-order valence-corrected chi connectivity index (χ1v) is 7.40. The van der Waals surface area contributed by atoms with E-state index in [1.165, 1.54) is 12.8 Å². The van der Waals surface area contributed by atoms with E-state index >= 15 is 0 Å². The number of nitrogens with zero attached hydrogens (tertiary/aromatic N) is 1. The number of nitrogens with one attached hydrogen (secondary N) is 1. The minimum atomic E-state index is -0.551. The minimum Gasteiger partial charge on any atom is -0.379 e. The number of rotatable bonds is 4. The topological polar surface area (TPSA) is 67.6 Å². The number of carbonyl (C=O) groups excluding carboxylic acids is 1. The zero-order valence-electron chi connectivity index (χ0n) is 12.2. The molecule has 2 heterocycles. The van der Waals surface area contributed by atoms with Gasteiger partial charge in [-0.25, -0.2) is 0 Å². The van der Waals surface area contributed by atoms with Crippen LogP contribution in [0.15, 0.2) is 0 Å². The highest BCUT2D eigenvalue weighted by Crippen LogP contribution is 2.27. The molecule has 0 saturated carbocycles. The van der Waals surface area contributed by atoms with E-state index in [4.69, 9.17) is 10.5 Å². The summed E-state index contributed by atoms with van der Waals surface area (Å²) in [6.45, 7) is 9.23. The Labute approximate surface area is 115 Å². The molecule has 2 aliphatic heterocycles. The van der Waals surface area contributed by atoms with Gasteiger partial charge in [0.1, 0.15) is 0 Å². The SMILES string of the molecule is CCN1CCC(CNC(=O)C2(C)COCC2N)CC1. The normalized spacial score (nSPS) is 33.5. The van der Waals surface area contributed by atoms with Crippen molar-refractivity contribution in [2.75, 3.05) is 39.4 Å². The Morgan fingerprint density at radius 3 is 2.68 bits per heavy atom. The first-order chi connectivity index (χ1) is 9.06. The number of hydrogen-bond donors (Lipinski definition) is 2. The van der Waals surface area contributed by atoms with Crippen LogP contribution in [0.4, 0.5) is 0 Å². The standard InChI is InChI=1S/C14H27N3O2/c1-3-17-6-4-11(5-7-17)8-16-13(18)14(2)10-19-9-12(14)15/h11-12H,3-10,15H2,1-2H3,(H,16,18). The maximum absolute atomic E-state index is 12.3. The van der Waals surface area contributed by atoms with Crippen molar-refractivity contribution in [1.82, 2.24) is 10.2 Å². The van der Waals surface area contributed by atoms with Gasteiger partial charge in [-0.1, -0.05) is 6.92 Å². The number of piperidine rings is 1. The molecule has 0 radical (unpaired) electrons. The molecule has 2 rings (SSSR count). The number of hydrogen-bond acceptors (Lipinski definition) is 4. The maximum atomic E-state index is 12.3. The van der Waals surface area contributed by atoms with Gasteiger partial charge in [0.05, 0.1) is 18.6 Å². The van der Waals surface area contributed by atoms with Crippen LogP contribution in [0.1, 0.15) is 26.7 Å². The zero-order chi connectivity index (χ0) is 13.9. The molecule has 0 bridgehead atoms. The molecule has 2 atom stereocenters. The lowest BCUT2D eigenvalue weighted by atomic mass is 9.84. The van der Waals surface area contributed by atoms with Crippen molar-refractivity contribution in [3.05, 3.63) is 0 Å². The van der Waals surface area contributed by atoms with Gasteiger partial charge in [-0.3, -0.25) is 4.79 Å². The maximum Gasteiger partial charge on any atom is 0.229 e. The predicted octanol–water partition coefficient (Wildman–Crippen LogP) is 0.198. The molecule has 0 aromatic heterocycles. The van der Waals surface area contributed by atoms with Crippen molar-refractivity contribution in [3.8, 4) is 0 Å². The van der Waals surface area contributed by atoms with Crippen molar-refractivity contribution >= 4 is 5.91 Å². The molecular formula is C14H27N3O2. The molecular weight excluding hydrogens is 242 g/mol. The summed E-state index contributed by atoms with van der Waals surface area (Å²) in [7, 11) is 0. The number of nitrogens with two attached hydrogens (primary N) is 1. The van der Waals surface area contributed by atoms with E-state index in [0.29, 0.717) is 19.1 Å². The van der Waals surface area contributed by atoms with Gasteiger partial charge in [0.25, 0.3) is 0 Å². The summed E-state index contributed by atoms with van der Waals surface area (Å²) in [6.07, 6.45) is 2.35. The monoisotopic (exact) mass is 269 g/mol. The van der Waals surface area contributed by atoms with Gasteiger partial charge >= 0.3 is 0 Å². The van der Waals surface area contributed by atoms with Crippen LogP contribution in [0.2, 0.25) is 0 Å². The lowest BCUT2D eigenvalue weighted by Crippen LogP contribution is -2.51. The quantitative estimate of drug-likeness (QED) is 0.765. The molecule has 3 N–H and O–H groups in total. The van der Waals surface area contributed by atoms with Gasteiger partial charge in [-0.05, 0) is 45.3 Å².